The molecule has 4 rings (SSSR count). The predicted molar refractivity (Wildman–Crippen MR) is 108 cm³/mol. The van der Waals surface area contributed by atoms with Crippen LogP contribution in [0, 0.1) is 12.8 Å². The van der Waals surface area contributed by atoms with Gasteiger partial charge >= 0.3 is 0 Å². The lowest BCUT2D eigenvalue weighted by molar-refractivity contribution is 0.0898. The highest BCUT2D eigenvalue weighted by molar-refractivity contribution is 5.99. The monoisotopic (exact) mass is 379 g/mol. The molecule has 0 saturated heterocycles. The maximum Gasteiger partial charge on any atom is 0.287 e. The van der Waals surface area contributed by atoms with Gasteiger partial charge in [0.25, 0.3) is 5.91 Å². The Balaban J connectivity index is 1.62. The van der Waals surface area contributed by atoms with Gasteiger partial charge in [0, 0.05) is 17.4 Å². The third kappa shape index (κ3) is 3.44. The van der Waals surface area contributed by atoms with E-state index in [1.165, 1.54) is 0 Å². The highest BCUT2D eigenvalue weighted by Gasteiger charge is 2.24. The van der Waals surface area contributed by atoms with E-state index in [-0.39, 0.29) is 17.9 Å². The lowest BCUT2D eigenvalue weighted by atomic mass is 9.95. The van der Waals surface area contributed by atoms with Gasteiger partial charge in [0.15, 0.2) is 17.3 Å². The number of furan rings is 1. The minimum absolute atomic E-state index is 0.169. The number of para-hydroxylation sites is 1. The van der Waals surface area contributed by atoms with Gasteiger partial charge in [-0.15, -0.1) is 0 Å². The van der Waals surface area contributed by atoms with Crippen molar-refractivity contribution >= 4 is 16.9 Å². The summed E-state index contributed by atoms with van der Waals surface area (Å²) >= 11 is 0. The van der Waals surface area contributed by atoms with Gasteiger partial charge < -0.3 is 19.2 Å². The molecule has 1 amide bonds. The molecule has 3 aromatic rings. The van der Waals surface area contributed by atoms with Crippen molar-refractivity contribution in [3.8, 4) is 11.5 Å². The molecule has 5 heteroatoms. The average Bonchev–Trinajstić information content (AvgIpc) is 2.87. The van der Waals surface area contributed by atoms with Crippen LogP contribution >= 0.6 is 0 Å². The smallest absolute Gasteiger partial charge is 0.287 e. The summed E-state index contributed by atoms with van der Waals surface area (Å²) in [4.78, 5) is 13.0. The van der Waals surface area contributed by atoms with Crippen molar-refractivity contribution in [1.82, 2.24) is 5.32 Å². The number of aryl methyl sites for hydroxylation is 1. The van der Waals surface area contributed by atoms with Crippen LogP contribution in [-0.2, 0) is 0 Å². The van der Waals surface area contributed by atoms with Crippen LogP contribution in [0.3, 0.4) is 0 Å². The molecule has 1 atom stereocenters. The summed E-state index contributed by atoms with van der Waals surface area (Å²) in [7, 11) is 0. The maximum atomic E-state index is 13.0. The van der Waals surface area contributed by atoms with Crippen LogP contribution in [0.1, 0.15) is 48.0 Å². The van der Waals surface area contributed by atoms with E-state index in [1.807, 2.05) is 49.4 Å². The number of hydrogen-bond donors (Lipinski definition) is 1. The Morgan fingerprint density at radius 2 is 1.79 bits per heavy atom. The standard InChI is InChI=1S/C23H25NO4/c1-14(2)21(16-9-10-19-20(13-16)27-12-6-11-26-19)24-23(25)22-15(3)17-7-4-5-8-18(17)28-22/h4-5,7-10,13-14,21H,6,11-12H2,1-3H3,(H,24,25). The van der Waals surface area contributed by atoms with Gasteiger partial charge in [0.05, 0.1) is 19.3 Å². The minimum atomic E-state index is -0.209. The SMILES string of the molecule is Cc1c(C(=O)NC(c2ccc3c(c2)OCCCO3)C(C)C)oc2ccccc12. The molecule has 0 spiro atoms. The van der Waals surface area contributed by atoms with E-state index in [2.05, 4.69) is 19.2 Å². The van der Waals surface area contributed by atoms with Crippen LogP contribution in [0.2, 0.25) is 0 Å². The van der Waals surface area contributed by atoms with Crippen LogP contribution in [0.5, 0.6) is 11.5 Å². The number of fused-ring (bicyclic) bond motifs is 2. The van der Waals surface area contributed by atoms with E-state index in [4.69, 9.17) is 13.9 Å². The second kappa shape index (κ2) is 7.58. The quantitative estimate of drug-likeness (QED) is 0.691. The van der Waals surface area contributed by atoms with E-state index in [9.17, 15) is 4.79 Å². The molecule has 28 heavy (non-hydrogen) atoms. The van der Waals surface area contributed by atoms with Crippen molar-refractivity contribution in [3.05, 3.63) is 59.4 Å². The Bertz CT molecular complexity index is 1010. The van der Waals surface area contributed by atoms with Crippen molar-refractivity contribution < 1.29 is 18.7 Å². The fourth-order valence-corrected chi connectivity index (χ4v) is 3.61. The summed E-state index contributed by atoms with van der Waals surface area (Å²) in [5.41, 5.74) is 2.57. The molecule has 0 fully saturated rings. The maximum absolute atomic E-state index is 13.0. The number of carbonyl (C=O) groups excluding carboxylic acids is 1. The van der Waals surface area contributed by atoms with Crippen molar-refractivity contribution in [2.45, 2.75) is 33.2 Å². The third-order valence-electron chi connectivity index (χ3n) is 5.13. The van der Waals surface area contributed by atoms with E-state index >= 15 is 0 Å². The molecule has 2 heterocycles. The Kier molecular flexibility index (Phi) is 4.99. The van der Waals surface area contributed by atoms with Crippen LogP contribution in [0.4, 0.5) is 0 Å². The molecule has 1 aliphatic heterocycles. The summed E-state index contributed by atoms with van der Waals surface area (Å²) in [6, 6.07) is 13.4. The highest BCUT2D eigenvalue weighted by Crippen LogP contribution is 2.34. The second-order valence-electron chi connectivity index (χ2n) is 7.50. The fraction of sp³-hybridized carbons (Fsp3) is 0.348. The largest absolute Gasteiger partial charge is 0.490 e. The molecule has 1 unspecified atom stereocenters. The van der Waals surface area contributed by atoms with Gasteiger partial charge in [-0.05, 0) is 36.6 Å². The molecule has 1 aliphatic rings. The first-order valence-electron chi connectivity index (χ1n) is 9.73. The first-order valence-corrected chi connectivity index (χ1v) is 9.73. The average molecular weight is 379 g/mol. The number of hydrogen-bond acceptors (Lipinski definition) is 4. The van der Waals surface area contributed by atoms with E-state index in [0.29, 0.717) is 19.0 Å². The van der Waals surface area contributed by atoms with Gasteiger partial charge in [-0.3, -0.25) is 4.79 Å². The van der Waals surface area contributed by atoms with E-state index in [0.717, 1.165) is 40.0 Å². The Morgan fingerprint density at radius 3 is 2.54 bits per heavy atom. The summed E-state index contributed by atoms with van der Waals surface area (Å²) < 4.78 is 17.4. The number of amides is 1. The molecule has 0 aliphatic carbocycles. The summed E-state index contributed by atoms with van der Waals surface area (Å²) in [6.45, 7) is 7.37. The van der Waals surface area contributed by atoms with Crippen LogP contribution in [0.25, 0.3) is 11.0 Å². The van der Waals surface area contributed by atoms with E-state index < -0.39 is 0 Å². The van der Waals surface area contributed by atoms with Gasteiger partial charge in [0.1, 0.15) is 5.58 Å². The fourth-order valence-electron chi connectivity index (χ4n) is 3.61. The summed E-state index contributed by atoms with van der Waals surface area (Å²) in [6.07, 6.45) is 0.861. The Morgan fingerprint density at radius 1 is 1.04 bits per heavy atom. The number of rotatable bonds is 4. The van der Waals surface area contributed by atoms with Crippen LogP contribution in [0.15, 0.2) is 46.9 Å². The first-order chi connectivity index (χ1) is 13.5. The highest BCUT2D eigenvalue weighted by atomic mass is 16.5. The van der Waals surface area contributed by atoms with E-state index in [1.54, 1.807) is 0 Å². The van der Waals surface area contributed by atoms with Gasteiger partial charge in [-0.2, -0.15) is 0 Å². The zero-order chi connectivity index (χ0) is 19.7. The summed E-state index contributed by atoms with van der Waals surface area (Å²) in [5.74, 6) is 1.83. The molecule has 0 radical (unpaired) electrons. The molecule has 146 valence electrons. The molecular weight excluding hydrogens is 354 g/mol. The lowest BCUT2D eigenvalue weighted by Crippen LogP contribution is -2.31. The molecular formula is C23H25NO4. The Labute approximate surface area is 164 Å². The minimum Gasteiger partial charge on any atom is -0.490 e. The van der Waals surface area contributed by atoms with Crippen LogP contribution < -0.4 is 14.8 Å². The van der Waals surface area contributed by atoms with Crippen molar-refractivity contribution in [2.75, 3.05) is 13.2 Å². The van der Waals surface area contributed by atoms with Crippen molar-refractivity contribution in [3.63, 3.8) is 0 Å². The zero-order valence-corrected chi connectivity index (χ0v) is 16.5. The number of carbonyl (C=O) groups is 1. The molecule has 0 saturated carbocycles. The Hall–Kier alpha value is -2.95. The zero-order valence-electron chi connectivity index (χ0n) is 16.5. The first kappa shape index (κ1) is 18.4. The number of nitrogens with one attached hydrogen (secondary N) is 1. The second-order valence-corrected chi connectivity index (χ2v) is 7.50. The van der Waals surface area contributed by atoms with Crippen LogP contribution in [-0.4, -0.2) is 19.1 Å². The van der Waals surface area contributed by atoms with Gasteiger partial charge in [-0.1, -0.05) is 38.1 Å². The van der Waals surface area contributed by atoms with Gasteiger partial charge in [-0.25, -0.2) is 0 Å². The number of benzene rings is 2. The molecule has 1 aromatic heterocycles. The number of ether oxygens (including phenoxy) is 2. The van der Waals surface area contributed by atoms with Crippen molar-refractivity contribution in [1.29, 1.82) is 0 Å². The normalized spacial score (nSPS) is 14.7. The third-order valence-corrected chi connectivity index (χ3v) is 5.13. The predicted octanol–water partition coefficient (Wildman–Crippen LogP) is 5.03. The van der Waals surface area contributed by atoms with Gasteiger partial charge in [0.2, 0.25) is 0 Å². The molecule has 5 nitrogen and oxygen atoms in total. The topological polar surface area (TPSA) is 60.7 Å². The summed E-state index contributed by atoms with van der Waals surface area (Å²) in [5, 5.41) is 4.11. The molecule has 2 aromatic carbocycles. The van der Waals surface area contributed by atoms with Crippen molar-refractivity contribution in [2.24, 2.45) is 5.92 Å². The lowest BCUT2D eigenvalue weighted by Gasteiger charge is -2.23. The molecule has 1 N–H and O–H groups in total. The molecule has 0 bridgehead atoms.